The minimum Gasteiger partial charge on any atom is -0.484 e. The number of rotatable bonds is 7. The third-order valence-electron chi connectivity index (χ3n) is 3.82. The van der Waals surface area contributed by atoms with Crippen molar-refractivity contribution in [3.63, 3.8) is 0 Å². The van der Waals surface area contributed by atoms with Gasteiger partial charge < -0.3 is 9.15 Å². The van der Waals surface area contributed by atoms with Gasteiger partial charge in [0.2, 0.25) is 0 Å². The second-order valence-electron chi connectivity index (χ2n) is 6.00. The Hall–Kier alpha value is -2.71. The van der Waals surface area contributed by atoms with Gasteiger partial charge in [0.05, 0.1) is 5.69 Å². The van der Waals surface area contributed by atoms with Crippen molar-refractivity contribution in [2.75, 3.05) is 0 Å². The summed E-state index contributed by atoms with van der Waals surface area (Å²) in [6.45, 7) is 2.25. The van der Waals surface area contributed by atoms with Crippen LogP contribution in [-0.2, 0) is 12.4 Å². The van der Waals surface area contributed by atoms with Gasteiger partial charge in [-0.05, 0) is 43.3 Å². The number of hydrogen-bond donors (Lipinski definition) is 0. The van der Waals surface area contributed by atoms with Crippen LogP contribution >= 0.6 is 23.1 Å². The molecule has 0 bridgehead atoms. The highest BCUT2D eigenvalue weighted by molar-refractivity contribution is 7.98. The van der Waals surface area contributed by atoms with Crippen LogP contribution in [0.5, 0.6) is 5.75 Å². The lowest BCUT2D eigenvalue weighted by Gasteiger charge is -2.02. The van der Waals surface area contributed by atoms with Crippen LogP contribution in [0.2, 0.25) is 0 Å². The first-order chi connectivity index (χ1) is 13.7. The summed E-state index contributed by atoms with van der Waals surface area (Å²) in [4.78, 5) is 4.58. The number of halogens is 1. The molecule has 4 aromatic rings. The summed E-state index contributed by atoms with van der Waals surface area (Å²) in [5.74, 6) is 1.54. The van der Waals surface area contributed by atoms with Gasteiger partial charge in [0.15, 0.2) is 6.61 Å². The summed E-state index contributed by atoms with van der Waals surface area (Å²) in [5.41, 5.74) is 2.98. The average molecular weight is 413 g/mol. The first-order valence-electron chi connectivity index (χ1n) is 8.51. The summed E-state index contributed by atoms with van der Waals surface area (Å²) in [6.07, 6.45) is 0. The molecule has 0 aliphatic carbocycles. The zero-order valence-corrected chi connectivity index (χ0v) is 16.6. The molecule has 28 heavy (non-hydrogen) atoms. The number of ether oxygens (including phenoxy) is 1. The quantitative estimate of drug-likeness (QED) is 0.372. The molecule has 0 unspecified atom stereocenters. The number of hydrogen-bond acceptors (Lipinski definition) is 7. The third-order valence-corrected chi connectivity index (χ3v) is 5.61. The maximum Gasteiger partial charge on any atom is 0.277 e. The highest BCUT2D eigenvalue weighted by atomic mass is 32.2. The largest absolute Gasteiger partial charge is 0.484 e. The second-order valence-corrected chi connectivity index (χ2v) is 7.79. The lowest BCUT2D eigenvalue weighted by molar-refractivity contribution is 0.252. The topological polar surface area (TPSA) is 61.0 Å². The van der Waals surface area contributed by atoms with E-state index in [-0.39, 0.29) is 12.4 Å². The van der Waals surface area contributed by atoms with Crippen molar-refractivity contribution in [2.45, 2.75) is 24.5 Å². The molecule has 142 valence electrons. The van der Waals surface area contributed by atoms with E-state index in [2.05, 4.69) is 15.2 Å². The fraction of sp³-hybridized carbons (Fsp3) is 0.150. The molecule has 2 heterocycles. The molecule has 4 rings (SSSR count). The second kappa shape index (κ2) is 8.53. The Morgan fingerprint density at radius 1 is 1.07 bits per heavy atom. The Morgan fingerprint density at radius 2 is 1.86 bits per heavy atom. The predicted octanol–water partition coefficient (Wildman–Crippen LogP) is 5.51. The van der Waals surface area contributed by atoms with E-state index in [0.717, 1.165) is 22.0 Å². The predicted molar refractivity (Wildman–Crippen MR) is 107 cm³/mol. The Balaban J connectivity index is 1.31. The van der Waals surface area contributed by atoms with E-state index in [4.69, 9.17) is 9.15 Å². The van der Waals surface area contributed by atoms with Crippen molar-refractivity contribution in [3.05, 3.63) is 76.9 Å². The molecule has 8 heteroatoms. The summed E-state index contributed by atoms with van der Waals surface area (Å²) in [6, 6.07) is 14.1. The summed E-state index contributed by atoms with van der Waals surface area (Å²) >= 11 is 2.94. The van der Waals surface area contributed by atoms with Crippen LogP contribution in [0.25, 0.3) is 10.6 Å². The Bertz CT molecular complexity index is 1050. The standard InChI is InChI=1S/C20H16FN3O2S2/c1-13-2-8-17(9-3-13)25-10-18-23-24-20(26-18)28-12-16-11-27-19(22-16)14-4-6-15(21)7-5-14/h2-9,11H,10,12H2,1H3. The number of nitrogens with zero attached hydrogens (tertiary/aromatic N) is 3. The van der Waals surface area contributed by atoms with Crippen LogP contribution in [0, 0.1) is 12.7 Å². The van der Waals surface area contributed by atoms with E-state index in [1.807, 2.05) is 36.6 Å². The highest BCUT2D eigenvalue weighted by Gasteiger charge is 2.10. The van der Waals surface area contributed by atoms with E-state index < -0.39 is 0 Å². The fourth-order valence-electron chi connectivity index (χ4n) is 2.37. The SMILES string of the molecule is Cc1ccc(OCc2nnc(SCc3csc(-c4ccc(F)cc4)n3)o2)cc1. The summed E-state index contributed by atoms with van der Waals surface area (Å²) in [5, 5.41) is 11.3. The molecule has 0 aliphatic heterocycles. The van der Waals surface area contributed by atoms with Gasteiger partial charge in [0.1, 0.15) is 16.6 Å². The lowest BCUT2D eigenvalue weighted by Crippen LogP contribution is -1.95. The molecular weight excluding hydrogens is 397 g/mol. The number of aromatic nitrogens is 3. The fourth-order valence-corrected chi connectivity index (χ4v) is 3.97. The number of thioether (sulfide) groups is 1. The summed E-state index contributed by atoms with van der Waals surface area (Å²) < 4.78 is 24.3. The number of thiazole rings is 1. The van der Waals surface area contributed by atoms with Gasteiger partial charge in [-0.1, -0.05) is 29.5 Å². The van der Waals surface area contributed by atoms with E-state index in [1.54, 1.807) is 12.1 Å². The van der Waals surface area contributed by atoms with Crippen molar-refractivity contribution in [1.82, 2.24) is 15.2 Å². The molecule has 0 radical (unpaired) electrons. The first-order valence-corrected chi connectivity index (χ1v) is 10.4. The summed E-state index contributed by atoms with van der Waals surface area (Å²) in [7, 11) is 0. The Kier molecular flexibility index (Phi) is 5.68. The first kappa shape index (κ1) is 18.6. The molecule has 2 aromatic carbocycles. The van der Waals surface area contributed by atoms with Crippen LogP contribution in [-0.4, -0.2) is 15.2 Å². The molecule has 0 amide bonds. The van der Waals surface area contributed by atoms with E-state index in [9.17, 15) is 4.39 Å². The molecule has 0 saturated heterocycles. The van der Waals surface area contributed by atoms with Crippen molar-refractivity contribution in [1.29, 1.82) is 0 Å². The zero-order valence-electron chi connectivity index (χ0n) is 15.0. The van der Waals surface area contributed by atoms with Crippen molar-refractivity contribution in [2.24, 2.45) is 0 Å². The molecule has 0 atom stereocenters. The van der Waals surface area contributed by atoms with Crippen molar-refractivity contribution >= 4 is 23.1 Å². The Morgan fingerprint density at radius 3 is 2.64 bits per heavy atom. The minimum atomic E-state index is -0.255. The van der Waals surface area contributed by atoms with E-state index in [1.165, 1.54) is 40.8 Å². The van der Waals surface area contributed by atoms with Crippen LogP contribution in [0.1, 0.15) is 17.1 Å². The number of benzene rings is 2. The molecule has 0 saturated carbocycles. The minimum absolute atomic E-state index is 0.224. The molecule has 5 nitrogen and oxygen atoms in total. The van der Waals surface area contributed by atoms with Crippen molar-refractivity contribution < 1.29 is 13.5 Å². The molecule has 0 spiro atoms. The smallest absolute Gasteiger partial charge is 0.277 e. The molecule has 0 N–H and O–H groups in total. The average Bonchev–Trinajstić information content (AvgIpc) is 3.36. The normalized spacial score (nSPS) is 10.9. The van der Waals surface area contributed by atoms with Gasteiger partial charge in [0, 0.05) is 16.7 Å². The van der Waals surface area contributed by atoms with E-state index >= 15 is 0 Å². The highest BCUT2D eigenvalue weighted by Crippen LogP contribution is 2.27. The molecule has 0 aliphatic rings. The van der Waals surface area contributed by atoms with Crippen LogP contribution in [0.3, 0.4) is 0 Å². The van der Waals surface area contributed by atoms with Gasteiger partial charge in [0.25, 0.3) is 11.1 Å². The van der Waals surface area contributed by atoms with Crippen LogP contribution in [0.15, 0.2) is 63.6 Å². The van der Waals surface area contributed by atoms with Gasteiger partial charge in [-0.2, -0.15) is 0 Å². The van der Waals surface area contributed by atoms with Gasteiger partial charge >= 0.3 is 0 Å². The monoisotopic (exact) mass is 413 g/mol. The van der Waals surface area contributed by atoms with Gasteiger partial charge in [-0.15, -0.1) is 21.5 Å². The maximum atomic E-state index is 13.0. The van der Waals surface area contributed by atoms with Gasteiger partial charge in [-0.25, -0.2) is 9.37 Å². The maximum absolute atomic E-state index is 13.0. The molecule has 0 fully saturated rings. The van der Waals surface area contributed by atoms with Crippen LogP contribution in [0.4, 0.5) is 4.39 Å². The van der Waals surface area contributed by atoms with Crippen LogP contribution < -0.4 is 4.74 Å². The van der Waals surface area contributed by atoms with E-state index in [0.29, 0.717) is 16.9 Å². The Labute approximate surface area is 169 Å². The molecule has 2 aromatic heterocycles. The van der Waals surface area contributed by atoms with Crippen molar-refractivity contribution in [3.8, 4) is 16.3 Å². The zero-order chi connectivity index (χ0) is 19.3. The number of aryl methyl sites for hydroxylation is 1. The lowest BCUT2D eigenvalue weighted by atomic mass is 10.2. The molecular formula is C20H16FN3O2S2. The third kappa shape index (κ3) is 4.76. The van der Waals surface area contributed by atoms with Gasteiger partial charge in [-0.3, -0.25) is 0 Å².